The Hall–Kier alpha value is -1.52. The van der Waals surface area contributed by atoms with Crippen molar-refractivity contribution in [2.24, 2.45) is 11.7 Å². The normalized spacial score (nSPS) is 11.9. The lowest BCUT2D eigenvalue weighted by Gasteiger charge is -2.09. The van der Waals surface area contributed by atoms with Gasteiger partial charge in [-0.1, -0.05) is 6.92 Å². The summed E-state index contributed by atoms with van der Waals surface area (Å²) in [5.74, 6) is -0.209. The highest BCUT2D eigenvalue weighted by molar-refractivity contribution is 5.95. The molecular formula is C12H16ClN3O. The molecule has 4 N–H and O–H groups in total. The molecule has 0 saturated heterocycles. The lowest BCUT2D eigenvalue weighted by molar-refractivity contribution is -0.119. The number of H-pyrrole nitrogens is 1. The van der Waals surface area contributed by atoms with Crippen molar-refractivity contribution in [3.05, 3.63) is 30.5 Å². The number of anilines is 1. The van der Waals surface area contributed by atoms with Crippen molar-refractivity contribution < 1.29 is 4.79 Å². The molecule has 1 unspecified atom stereocenters. The number of carbonyl (C=O) groups excluding carboxylic acids is 1. The summed E-state index contributed by atoms with van der Waals surface area (Å²) in [5, 5.41) is 3.92. The molecule has 1 atom stereocenters. The van der Waals surface area contributed by atoms with Gasteiger partial charge in [0.05, 0.1) is 0 Å². The molecule has 0 radical (unpaired) electrons. The average molecular weight is 254 g/mol. The molecule has 0 spiro atoms. The predicted octanol–water partition coefficient (Wildman–Crippen LogP) is 2.12. The van der Waals surface area contributed by atoms with Crippen molar-refractivity contribution in [3.8, 4) is 0 Å². The van der Waals surface area contributed by atoms with E-state index in [4.69, 9.17) is 5.73 Å². The Balaban J connectivity index is 0.00000144. The van der Waals surface area contributed by atoms with Gasteiger partial charge in [-0.05, 0) is 24.3 Å². The minimum absolute atomic E-state index is 0. The SMILES string of the molecule is CC(CN)C(=O)Nc1ccc2[nH]ccc2c1.Cl. The third-order valence-electron chi connectivity index (χ3n) is 2.62. The van der Waals surface area contributed by atoms with Crippen molar-refractivity contribution in [3.63, 3.8) is 0 Å². The van der Waals surface area contributed by atoms with Gasteiger partial charge in [0.1, 0.15) is 0 Å². The number of nitrogens with two attached hydrogens (primary N) is 1. The van der Waals surface area contributed by atoms with Crippen LogP contribution in [0.5, 0.6) is 0 Å². The molecule has 1 aromatic heterocycles. The maximum Gasteiger partial charge on any atom is 0.228 e. The Morgan fingerprint density at radius 3 is 2.94 bits per heavy atom. The average Bonchev–Trinajstić information content (AvgIpc) is 2.75. The topological polar surface area (TPSA) is 70.9 Å². The number of amides is 1. The van der Waals surface area contributed by atoms with Crippen LogP contribution in [0.4, 0.5) is 5.69 Å². The molecule has 2 aromatic rings. The molecule has 0 saturated carbocycles. The van der Waals surface area contributed by atoms with Gasteiger partial charge in [-0.3, -0.25) is 4.79 Å². The van der Waals surface area contributed by atoms with Gasteiger partial charge in [-0.25, -0.2) is 0 Å². The number of fused-ring (bicyclic) bond motifs is 1. The smallest absolute Gasteiger partial charge is 0.228 e. The Morgan fingerprint density at radius 2 is 2.24 bits per heavy atom. The zero-order valence-electron chi connectivity index (χ0n) is 9.57. The first kappa shape index (κ1) is 13.5. The standard InChI is InChI=1S/C12H15N3O.ClH/c1-8(7-13)12(16)15-10-2-3-11-9(6-10)4-5-14-11;/h2-6,8,14H,7,13H2,1H3,(H,15,16);1H. The molecule has 1 amide bonds. The second-order valence-electron chi connectivity index (χ2n) is 3.91. The van der Waals surface area contributed by atoms with Gasteiger partial charge in [-0.2, -0.15) is 0 Å². The monoisotopic (exact) mass is 253 g/mol. The number of carbonyl (C=O) groups is 1. The van der Waals surface area contributed by atoms with Crippen LogP contribution in [0.25, 0.3) is 10.9 Å². The van der Waals surface area contributed by atoms with E-state index in [2.05, 4.69) is 10.3 Å². The van der Waals surface area contributed by atoms with Crippen molar-refractivity contribution >= 4 is 34.9 Å². The van der Waals surface area contributed by atoms with Gasteiger partial charge in [0.15, 0.2) is 0 Å². The van der Waals surface area contributed by atoms with E-state index in [0.717, 1.165) is 16.6 Å². The first-order valence-corrected chi connectivity index (χ1v) is 5.29. The fourth-order valence-corrected chi connectivity index (χ4v) is 1.50. The van der Waals surface area contributed by atoms with E-state index < -0.39 is 0 Å². The van der Waals surface area contributed by atoms with Crippen molar-refractivity contribution in [2.75, 3.05) is 11.9 Å². The number of benzene rings is 1. The highest BCUT2D eigenvalue weighted by atomic mass is 35.5. The van der Waals surface area contributed by atoms with Crippen LogP contribution in [-0.4, -0.2) is 17.4 Å². The van der Waals surface area contributed by atoms with Gasteiger partial charge >= 0.3 is 0 Å². The Kier molecular flexibility index (Phi) is 4.54. The van der Waals surface area contributed by atoms with Gasteiger partial charge in [0.2, 0.25) is 5.91 Å². The maximum atomic E-state index is 11.6. The molecule has 5 heteroatoms. The van der Waals surface area contributed by atoms with E-state index in [0.29, 0.717) is 6.54 Å². The summed E-state index contributed by atoms with van der Waals surface area (Å²) in [5.41, 5.74) is 7.30. The molecule has 0 aliphatic heterocycles. The number of rotatable bonds is 3. The summed E-state index contributed by atoms with van der Waals surface area (Å²) >= 11 is 0. The minimum atomic E-state index is -0.165. The quantitative estimate of drug-likeness (QED) is 0.784. The second-order valence-corrected chi connectivity index (χ2v) is 3.91. The third-order valence-corrected chi connectivity index (χ3v) is 2.62. The molecular weight excluding hydrogens is 238 g/mol. The highest BCUT2D eigenvalue weighted by Crippen LogP contribution is 2.18. The summed E-state index contributed by atoms with van der Waals surface area (Å²) in [7, 11) is 0. The minimum Gasteiger partial charge on any atom is -0.361 e. The number of halogens is 1. The van der Waals surface area contributed by atoms with Gasteiger partial charge in [0.25, 0.3) is 0 Å². The van der Waals surface area contributed by atoms with E-state index in [9.17, 15) is 4.79 Å². The summed E-state index contributed by atoms with van der Waals surface area (Å²) in [6, 6.07) is 7.72. The molecule has 0 bridgehead atoms. The fraction of sp³-hybridized carbons (Fsp3) is 0.250. The predicted molar refractivity (Wildman–Crippen MR) is 72.4 cm³/mol. The number of hydrogen-bond acceptors (Lipinski definition) is 2. The molecule has 2 rings (SSSR count). The lowest BCUT2D eigenvalue weighted by Crippen LogP contribution is -2.26. The molecule has 0 aliphatic carbocycles. The summed E-state index contributed by atoms with van der Waals surface area (Å²) in [6.07, 6.45) is 1.87. The molecule has 4 nitrogen and oxygen atoms in total. The Bertz CT molecular complexity index is 509. The van der Waals surface area contributed by atoms with Crippen LogP contribution in [0.3, 0.4) is 0 Å². The molecule has 92 valence electrons. The van der Waals surface area contributed by atoms with Crippen LogP contribution in [0, 0.1) is 5.92 Å². The van der Waals surface area contributed by atoms with Crippen LogP contribution < -0.4 is 11.1 Å². The zero-order chi connectivity index (χ0) is 11.5. The third kappa shape index (κ3) is 2.99. The van der Waals surface area contributed by atoms with E-state index >= 15 is 0 Å². The Labute approximate surface area is 106 Å². The molecule has 1 aromatic carbocycles. The van der Waals surface area contributed by atoms with Crippen molar-refractivity contribution in [2.45, 2.75) is 6.92 Å². The Morgan fingerprint density at radius 1 is 1.47 bits per heavy atom. The fourth-order valence-electron chi connectivity index (χ4n) is 1.50. The van der Waals surface area contributed by atoms with Crippen molar-refractivity contribution in [1.29, 1.82) is 0 Å². The van der Waals surface area contributed by atoms with Crippen molar-refractivity contribution in [1.82, 2.24) is 4.98 Å². The van der Waals surface area contributed by atoms with Crippen LogP contribution in [0.2, 0.25) is 0 Å². The first-order chi connectivity index (χ1) is 7.70. The van der Waals surface area contributed by atoms with E-state index in [1.807, 2.05) is 37.4 Å². The van der Waals surface area contributed by atoms with Crippen LogP contribution >= 0.6 is 12.4 Å². The highest BCUT2D eigenvalue weighted by Gasteiger charge is 2.10. The number of hydrogen-bond donors (Lipinski definition) is 3. The number of aromatic amines is 1. The van der Waals surface area contributed by atoms with Gasteiger partial charge in [0, 0.05) is 35.2 Å². The van der Waals surface area contributed by atoms with Gasteiger partial charge < -0.3 is 16.0 Å². The summed E-state index contributed by atoms with van der Waals surface area (Å²) < 4.78 is 0. The summed E-state index contributed by atoms with van der Waals surface area (Å²) in [4.78, 5) is 14.7. The molecule has 0 aliphatic rings. The molecule has 1 heterocycles. The van der Waals surface area contributed by atoms with Crippen LogP contribution in [-0.2, 0) is 4.79 Å². The largest absolute Gasteiger partial charge is 0.361 e. The molecule has 0 fully saturated rings. The van der Waals surface area contributed by atoms with Crippen LogP contribution in [0.15, 0.2) is 30.5 Å². The van der Waals surface area contributed by atoms with E-state index in [1.54, 1.807) is 0 Å². The molecule has 17 heavy (non-hydrogen) atoms. The number of nitrogens with one attached hydrogen (secondary N) is 2. The first-order valence-electron chi connectivity index (χ1n) is 5.29. The summed E-state index contributed by atoms with van der Waals surface area (Å²) in [6.45, 7) is 2.17. The zero-order valence-corrected chi connectivity index (χ0v) is 10.4. The van der Waals surface area contributed by atoms with E-state index in [-0.39, 0.29) is 24.2 Å². The van der Waals surface area contributed by atoms with E-state index in [1.165, 1.54) is 0 Å². The second kappa shape index (κ2) is 5.70. The van der Waals surface area contributed by atoms with Crippen LogP contribution in [0.1, 0.15) is 6.92 Å². The maximum absolute atomic E-state index is 11.6. The lowest BCUT2D eigenvalue weighted by atomic mass is 10.1. The van der Waals surface area contributed by atoms with Gasteiger partial charge in [-0.15, -0.1) is 12.4 Å². The number of aromatic nitrogens is 1.